The molecule has 0 bridgehead atoms. The lowest BCUT2D eigenvalue weighted by Gasteiger charge is -2.30. The quantitative estimate of drug-likeness (QED) is 0.0909. The maximum absolute atomic E-state index is 13.3. The number of nitrogens with zero attached hydrogens (tertiary/aromatic N) is 16. The number of carbonyl (C=O) groups excluding carboxylic acids is 7. The van der Waals surface area contributed by atoms with Crippen molar-refractivity contribution in [3.63, 3.8) is 0 Å². The second-order valence-electron chi connectivity index (χ2n) is 33.1. The number of fused-ring (bicyclic) bond motifs is 5. The van der Waals surface area contributed by atoms with E-state index in [2.05, 4.69) is 36.8 Å². The van der Waals surface area contributed by atoms with E-state index in [9.17, 15) is 47.4 Å². The Bertz CT molecular complexity index is 6790. The molecule has 6 amide bonds. The Morgan fingerprint density at radius 3 is 1.40 bits per heavy atom. The average Bonchev–Trinajstić information content (AvgIpc) is 1.63. The zero-order valence-corrected chi connectivity index (χ0v) is 74.8. The lowest BCUT2D eigenvalue weighted by molar-refractivity contribution is -0.118. The molecule has 9 aromatic carbocycles. The third-order valence-electron chi connectivity index (χ3n) is 23.6. The number of primary amides is 1. The van der Waals surface area contributed by atoms with Crippen molar-refractivity contribution >= 4 is 143 Å². The molecule has 666 valence electrons. The molecule has 0 radical (unpaired) electrons. The first-order valence-electron chi connectivity index (χ1n) is 42.9. The van der Waals surface area contributed by atoms with Gasteiger partial charge in [-0.3, -0.25) is 56.4 Å². The number of hydrogen-bond acceptors (Lipinski definition) is 15. The van der Waals surface area contributed by atoms with Gasteiger partial charge in [0.2, 0.25) is 5.91 Å². The van der Waals surface area contributed by atoms with Crippen LogP contribution in [0.5, 0.6) is 5.75 Å². The predicted octanol–water partition coefficient (Wildman–Crippen LogP) is 17.7. The third-order valence-corrected chi connectivity index (χ3v) is 24.5. The number of ketones is 1. The van der Waals surface area contributed by atoms with E-state index in [1.165, 1.54) is 18.2 Å². The first-order chi connectivity index (χ1) is 62.7. The molecule has 130 heavy (non-hydrogen) atoms. The van der Waals surface area contributed by atoms with Crippen LogP contribution in [0, 0.1) is 5.92 Å². The molecule has 4 saturated heterocycles. The van der Waals surface area contributed by atoms with Crippen LogP contribution < -0.4 is 10.5 Å². The number of β-amino-alcohol motifs (C(OH)–C–C–N with tert-alkyl or cyclic N) is 1. The molecule has 3 N–H and O–H groups in total. The smallest absolute Gasteiger partial charge is 0.267 e. The number of likely N-dealkylation sites (tertiary alicyclic amines) is 4. The van der Waals surface area contributed by atoms with Gasteiger partial charge in [-0.15, -0.1) is 0 Å². The Balaban J connectivity index is 0.000000119. The van der Waals surface area contributed by atoms with Crippen molar-refractivity contribution in [1.82, 2.24) is 77.2 Å². The van der Waals surface area contributed by atoms with Crippen LogP contribution in [0.2, 0.25) is 20.1 Å². The molecule has 5 aliphatic rings. The SMILES string of the molecule is CN(C(=O)c1ccc2c(c1)ncn2-c1cccc(Cl)c1)C1CC1.COc1ccc(-n2c(CC(C)=O)nc3cc(C(=O)N4CCC(C)CC4)cnc32)cc1.NC(=O)Cc1nc2cc(C(=O)N3CCCCC3)ccc2n1-c1cccc(Cl)c1.O=C(c1ccc2c(c1)ncn2-c1cccc(Cl)c1)N1CCC(F)(F)C1.O=C(c1ccc2c(c1)ncn2-c1cccc(Cl)c1)N1CCC(O)C1. The molecule has 15 aromatic rings. The number of rotatable bonds is 16. The Morgan fingerprint density at radius 2 is 0.915 bits per heavy atom. The number of Topliss-reactive ketones (excluding diaryl/α,β-unsaturated/α-hetero) is 1. The summed E-state index contributed by atoms with van der Waals surface area (Å²) in [6.07, 6.45) is 14.4. The fraction of sp³-hybridized carbons (Fsp3) is 0.276. The van der Waals surface area contributed by atoms with E-state index in [1.54, 1.807) is 97.9 Å². The summed E-state index contributed by atoms with van der Waals surface area (Å²) in [6.45, 7) is 7.42. The van der Waals surface area contributed by atoms with Crippen molar-refractivity contribution in [2.24, 2.45) is 11.7 Å². The summed E-state index contributed by atoms with van der Waals surface area (Å²) >= 11 is 24.3. The lowest BCUT2D eigenvalue weighted by Crippen LogP contribution is -2.37. The highest BCUT2D eigenvalue weighted by Crippen LogP contribution is 2.35. The van der Waals surface area contributed by atoms with Gasteiger partial charge in [-0.1, -0.05) is 77.6 Å². The minimum Gasteiger partial charge on any atom is -0.497 e. The second-order valence-corrected chi connectivity index (χ2v) is 34.8. The van der Waals surface area contributed by atoms with Gasteiger partial charge in [-0.05, 0) is 240 Å². The molecule has 32 heteroatoms. The number of carbonyl (C=O) groups is 7. The van der Waals surface area contributed by atoms with Crippen molar-refractivity contribution in [2.45, 2.75) is 103 Å². The summed E-state index contributed by atoms with van der Waals surface area (Å²) in [6, 6.07) is 61.2. The van der Waals surface area contributed by atoms with E-state index in [-0.39, 0.29) is 55.2 Å². The van der Waals surface area contributed by atoms with Gasteiger partial charge in [-0.25, -0.2) is 38.7 Å². The normalized spacial score (nSPS) is 15.5. The van der Waals surface area contributed by atoms with Crippen LogP contribution in [0.4, 0.5) is 8.78 Å². The summed E-state index contributed by atoms with van der Waals surface area (Å²) in [4.78, 5) is 122. The molecule has 4 aliphatic heterocycles. The van der Waals surface area contributed by atoms with Crippen LogP contribution in [0.1, 0.15) is 135 Å². The first-order valence-corrected chi connectivity index (χ1v) is 44.4. The van der Waals surface area contributed by atoms with E-state index in [1.807, 2.05) is 184 Å². The van der Waals surface area contributed by atoms with Gasteiger partial charge in [0.1, 0.15) is 47.7 Å². The number of pyridine rings is 1. The minimum absolute atomic E-state index is 0.00337. The van der Waals surface area contributed by atoms with Crippen LogP contribution in [0.25, 0.3) is 83.7 Å². The highest BCUT2D eigenvalue weighted by molar-refractivity contribution is 6.31. The van der Waals surface area contributed by atoms with E-state index >= 15 is 0 Å². The summed E-state index contributed by atoms with van der Waals surface area (Å²) in [7, 11) is 3.49. The number of methoxy groups -OCH3 is 1. The zero-order valence-electron chi connectivity index (χ0n) is 71.7. The standard InChI is InChI=1S/C23H26N4O3.C21H21ClN4O2.C18H14ClF2N3O.C18H16ClN3O2.C18H16ClN3O/c1-15-8-10-26(11-9-15)23(29)17-13-20-22(24-14-17)27(21(25-20)12-16(2)28)18-4-6-19(30-3)7-5-18;22-15-5-4-6-16(12-15)26-18-8-7-14(21(28)25-9-2-1-3-10-25)11-17(18)24-20(26)13-19(23)27;19-13-2-1-3-14(9-13)24-11-22-15-8-12(4-5-16(15)24)17(25)23-7-6-18(20,21)10-23;19-13-2-1-3-14(9-13)22-11-20-16-8-12(4-5-17(16)22)18(24)21-7-6-15(23)10-21;1-21(14-6-7-14)18(23)12-5-8-17-16(9-12)20-11-22(17)15-4-2-3-13(19)10-15/h4-7,13-15H,8-12H2,1-3H3;4-8,11-12H,1-3,9-10,13H2,(H2,23,27);1-5,8-9,11H,6-7,10H2;1-5,8-9,11,15,23H,6-7,10H2;2-5,8-11,14H,6-7H2,1H3. The summed E-state index contributed by atoms with van der Waals surface area (Å²) in [5.74, 6) is -1.11. The number of imidazole rings is 5. The second kappa shape index (κ2) is 39.4. The van der Waals surface area contributed by atoms with Gasteiger partial charge < -0.3 is 40.1 Å². The van der Waals surface area contributed by atoms with Crippen LogP contribution in [0.15, 0.2) is 225 Å². The van der Waals surface area contributed by atoms with Gasteiger partial charge in [0.05, 0.1) is 82.3 Å². The highest BCUT2D eigenvalue weighted by Gasteiger charge is 2.41. The maximum atomic E-state index is 13.3. The van der Waals surface area contributed by atoms with Crippen molar-refractivity contribution in [2.75, 3.05) is 66.5 Å². The first kappa shape index (κ1) is 90.1. The number of alkyl halides is 2. The van der Waals surface area contributed by atoms with Crippen molar-refractivity contribution in [1.29, 1.82) is 0 Å². The molecule has 6 aromatic heterocycles. The molecule has 1 aliphatic carbocycles. The van der Waals surface area contributed by atoms with Crippen molar-refractivity contribution < 1.29 is 52.2 Å². The van der Waals surface area contributed by atoms with E-state index in [4.69, 9.17) is 56.9 Å². The van der Waals surface area contributed by atoms with E-state index in [0.29, 0.717) is 113 Å². The predicted molar refractivity (Wildman–Crippen MR) is 498 cm³/mol. The van der Waals surface area contributed by atoms with Gasteiger partial charge in [0, 0.05) is 142 Å². The highest BCUT2D eigenvalue weighted by atomic mass is 35.5. The molecule has 1 unspecified atom stereocenters. The molecule has 20 rings (SSSR count). The maximum Gasteiger partial charge on any atom is 0.267 e. The Labute approximate surface area is 767 Å². The number of hydrogen-bond donors (Lipinski definition) is 2. The van der Waals surface area contributed by atoms with Crippen molar-refractivity contribution in [3.8, 4) is 34.2 Å². The molecule has 1 saturated carbocycles. The third kappa shape index (κ3) is 20.7. The number of halogens is 6. The molecular formula is C98H93Cl4F2N17O9. The number of benzene rings is 9. The fourth-order valence-corrected chi connectivity index (χ4v) is 17.3. The van der Waals surface area contributed by atoms with Gasteiger partial charge >= 0.3 is 0 Å². The fourth-order valence-electron chi connectivity index (χ4n) is 16.6. The average molecular weight is 1830 g/mol. The van der Waals surface area contributed by atoms with Crippen LogP contribution >= 0.6 is 46.4 Å². The van der Waals surface area contributed by atoms with Gasteiger partial charge in [0.25, 0.3) is 35.5 Å². The number of aliphatic hydroxyl groups is 1. The number of aromatic nitrogens is 11. The van der Waals surface area contributed by atoms with Crippen LogP contribution in [0.3, 0.4) is 0 Å². The molecule has 10 heterocycles. The van der Waals surface area contributed by atoms with Gasteiger partial charge in [0.15, 0.2) is 5.65 Å². The summed E-state index contributed by atoms with van der Waals surface area (Å²) in [5, 5.41) is 12.1. The number of nitrogens with two attached hydrogens (primary N) is 1. The molecular weight excluding hydrogens is 1740 g/mol. The Hall–Kier alpha value is -13.3. The number of aliphatic hydroxyl groups excluding tert-OH is 1. The Kier molecular flexibility index (Phi) is 27.3. The molecule has 5 fully saturated rings. The topological polar surface area (TPSA) is 293 Å². The molecule has 26 nitrogen and oxygen atoms in total. The van der Waals surface area contributed by atoms with Crippen LogP contribution in [-0.2, 0) is 22.4 Å². The number of ether oxygens (including phenoxy) is 1. The monoisotopic (exact) mass is 1830 g/mol. The Morgan fingerprint density at radius 1 is 0.469 bits per heavy atom. The number of piperidine rings is 2. The van der Waals surface area contributed by atoms with Crippen molar-refractivity contribution in [3.05, 3.63) is 285 Å². The minimum atomic E-state index is -2.80. The van der Waals surface area contributed by atoms with Gasteiger partial charge in [-0.2, -0.15) is 0 Å². The van der Waals surface area contributed by atoms with E-state index in [0.717, 1.165) is 132 Å². The zero-order chi connectivity index (χ0) is 91.2. The largest absolute Gasteiger partial charge is 0.497 e. The van der Waals surface area contributed by atoms with Crippen LogP contribution in [-0.4, -0.2) is 208 Å². The summed E-state index contributed by atoms with van der Waals surface area (Å²) in [5.41, 5.74) is 20.1. The lowest BCUT2D eigenvalue weighted by atomic mass is 9.99. The number of amides is 6. The van der Waals surface area contributed by atoms with E-state index < -0.39 is 30.4 Å². The summed E-state index contributed by atoms with van der Waals surface area (Å²) < 4.78 is 41.4. The molecule has 1 atom stereocenters. The molecule has 0 spiro atoms.